The maximum absolute atomic E-state index is 12.6. The molecular formula is C45H78O6. The molecule has 0 saturated heterocycles. The molecule has 0 rings (SSSR count). The monoisotopic (exact) mass is 715 g/mol. The van der Waals surface area contributed by atoms with Gasteiger partial charge in [0.05, 0.1) is 0 Å². The van der Waals surface area contributed by atoms with E-state index in [1.165, 1.54) is 64.2 Å². The van der Waals surface area contributed by atoms with Crippen LogP contribution in [-0.2, 0) is 28.6 Å². The SMILES string of the molecule is CCCC/C=C\CCCCCCC(=O)OCC(COC(=O)CC/C=C\C/C=C\CCCCCCCC)OC(=O)CCCCCC/C=C\CCCC. The van der Waals surface area contributed by atoms with Gasteiger partial charge in [-0.25, -0.2) is 0 Å². The summed E-state index contributed by atoms with van der Waals surface area (Å²) in [6, 6.07) is 0. The normalized spacial score (nSPS) is 12.5. The van der Waals surface area contributed by atoms with Crippen LogP contribution in [0.2, 0.25) is 0 Å². The van der Waals surface area contributed by atoms with Gasteiger partial charge in [0.15, 0.2) is 6.10 Å². The van der Waals surface area contributed by atoms with Crippen molar-refractivity contribution < 1.29 is 28.6 Å². The minimum atomic E-state index is -0.800. The maximum Gasteiger partial charge on any atom is 0.306 e. The quantitative estimate of drug-likeness (QED) is 0.0276. The highest BCUT2D eigenvalue weighted by Gasteiger charge is 2.19. The Kier molecular flexibility index (Phi) is 38.1. The van der Waals surface area contributed by atoms with Gasteiger partial charge in [-0.15, -0.1) is 0 Å². The van der Waals surface area contributed by atoms with Crippen LogP contribution in [0.4, 0.5) is 0 Å². The molecule has 0 fully saturated rings. The topological polar surface area (TPSA) is 78.9 Å². The van der Waals surface area contributed by atoms with Gasteiger partial charge in [-0.2, -0.15) is 0 Å². The molecule has 6 heteroatoms. The maximum atomic E-state index is 12.6. The lowest BCUT2D eigenvalue weighted by molar-refractivity contribution is -0.166. The molecule has 0 spiro atoms. The van der Waals surface area contributed by atoms with E-state index in [-0.39, 0.29) is 37.5 Å². The van der Waals surface area contributed by atoms with E-state index in [1.54, 1.807) is 0 Å². The Morgan fingerprint density at radius 2 is 0.765 bits per heavy atom. The van der Waals surface area contributed by atoms with Crippen LogP contribution in [0.1, 0.15) is 201 Å². The Morgan fingerprint density at radius 1 is 0.392 bits per heavy atom. The molecule has 0 aromatic rings. The van der Waals surface area contributed by atoms with Crippen LogP contribution in [0.15, 0.2) is 48.6 Å². The fraction of sp³-hybridized carbons (Fsp3) is 0.756. The van der Waals surface area contributed by atoms with Crippen molar-refractivity contribution in [3.05, 3.63) is 48.6 Å². The number of hydrogen-bond donors (Lipinski definition) is 0. The van der Waals surface area contributed by atoms with Crippen molar-refractivity contribution in [2.24, 2.45) is 0 Å². The second kappa shape index (κ2) is 40.1. The van der Waals surface area contributed by atoms with E-state index in [2.05, 4.69) is 63.3 Å². The number of esters is 3. The number of rotatable bonds is 37. The third-order valence-electron chi connectivity index (χ3n) is 8.79. The Balaban J connectivity index is 4.47. The van der Waals surface area contributed by atoms with Gasteiger partial charge in [0.2, 0.25) is 0 Å². The second-order valence-electron chi connectivity index (χ2n) is 13.9. The third kappa shape index (κ3) is 38.4. The second-order valence-corrected chi connectivity index (χ2v) is 13.9. The first-order valence-corrected chi connectivity index (χ1v) is 21.1. The van der Waals surface area contributed by atoms with Gasteiger partial charge in [-0.3, -0.25) is 14.4 Å². The number of hydrogen-bond acceptors (Lipinski definition) is 6. The molecule has 0 aliphatic carbocycles. The van der Waals surface area contributed by atoms with E-state index >= 15 is 0 Å². The molecule has 0 radical (unpaired) electrons. The highest BCUT2D eigenvalue weighted by atomic mass is 16.6. The van der Waals surface area contributed by atoms with E-state index in [9.17, 15) is 14.4 Å². The van der Waals surface area contributed by atoms with E-state index < -0.39 is 6.10 Å². The van der Waals surface area contributed by atoms with Crippen molar-refractivity contribution in [3.8, 4) is 0 Å². The zero-order valence-electron chi connectivity index (χ0n) is 33.4. The summed E-state index contributed by atoms with van der Waals surface area (Å²) in [5.41, 5.74) is 0. The fourth-order valence-electron chi connectivity index (χ4n) is 5.51. The number of unbranched alkanes of at least 4 members (excludes halogenated alkanes) is 18. The first-order chi connectivity index (χ1) is 25.0. The van der Waals surface area contributed by atoms with Crippen molar-refractivity contribution in [2.45, 2.75) is 207 Å². The molecule has 0 bridgehead atoms. The lowest BCUT2D eigenvalue weighted by atomic mass is 10.1. The molecule has 0 saturated carbocycles. The van der Waals surface area contributed by atoms with Crippen molar-refractivity contribution in [1.29, 1.82) is 0 Å². The van der Waals surface area contributed by atoms with E-state index in [1.807, 2.05) is 6.08 Å². The Hall–Kier alpha value is -2.63. The molecule has 0 aliphatic rings. The van der Waals surface area contributed by atoms with Gasteiger partial charge in [0, 0.05) is 19.3 Å². The van der Waals surface area contributed by atoms with Gasteiger partial charge in [0.25, 0.3) is 0 Å². The third-order valence-corrected chi connectivity index (χ3v) is 8.79. The van der Waals surface area contributed by atoms with Crippen LogP contribution in [0, 0.1) is 0 Å². The minimum absolute atomic E-state index is 0.101. The molecule has 0 aliphatic heterocycles. The fourth-order valence-corrected chi connectivity index (χ4v) is 5.51. The van der Waals surface area contributed by atoms with Crippen molar-refractivity contribution in [2.75, 3.05) is 13.2 Å². The van der Waals surface area contributed by atoms with Gasteiger partial charge >= 0.3 is 17.9 Å². The molecule has 0 N–H and O–H groups in total. The molecule has 6 nitrogen and oxygen atoms in total. The van der Waals surface area contributed by atoms with Crippen LogP contribution in [-0.4, -0.2) is 37.2 Å². The molecule has 51 heavy (non-hydrogen) atoms. The lowest BCUT2D eigenvalue weighted by Crippen LogP contribution is -2.30. The molecule has 0 heterocycles. The van der Waals surface area contributed by atoms with E-state index in [0.717, 1.165) is 89.9 Å². The van der Waals surface area contributed by atoms with Crippen molar-refractivity contribution >= 4 is 17.9 Å². The predicted octanol–water partition coefficient (Wildman–Crippen LogP) is 13.2. The summed E-state index contributed by atoms with van der Waals surface area (Å²) in [6.45, 7) is 6.44. The molecule has 1 unspecified atom stereocenters. The molecule has 294 valence electrons. The van der Waals surface area contributed by atoms with Gasteiger partial charge in [-0.1, -0.05) is 153 Å². The zero-order chi connectivity index (χ0) is 37.3. The zero-order valence-corrected chi connectivity index (χ0v) is 33.4. The Labute approximate surface area is 314 Å². The average molecular weight is 715 g/mol. The summed E-state index contributed by atoms with van der Waals surface area (Å²) in [7, 11) is 0. The van der Waals surface area contributed by atoms with Crippen molar-refractivity contribution in [3.63, 3.8) is 0 Å². The van der Waals surface area contributed by atoms with Gasteiger partial charge in [0.1, 0.15) is 13.2 Å². The number of carbonyl (C=O) groups is 3. The molecular weight excluding hydrogens is 636 g/mol. The predicted molar refractivity (Wildman–Crippen MR) is 215 cm³/mol. The highest BCUT2D eigenvalue weighted by molar-refractivity contribution is 5.71. The summed E-state index contributed by atoms with van der Waals surface area (Å²) in [6.07, 6.45) is 45.4. The molecule has 0 aromatic carbocycles. The minimum Gasteiger partial charge on any atom is -0.462 e. The van der Waals surface area contributed by atoms with Gasteiger partial charge < -0.3 is 14.2 Å². The molecule has 0 aromatic heterocycles. The Morgan fingerprint density at radius 3 is 1.27 bits per heavy atom. The van der Waals surface area contributed by atoms with Crippen LogP contribution in [0.3, 0.4) is 0 Å². The first kappa shape index (κ1) is 48.4. The standard InChI is InChI=1S/C45H78O6/c1-4-7-10-13-16-19-22-23-24-27-29-32-35-38-44(47)50-41-42(51-45(48)39-36-33-30-26-21-18-15-12-9-6-3)40-49-43(46)37-34-31-28-25-20-17-14-11-8-5-2/h14-15,17-18,23-24,29,32,42H,4-13,16,19-22,25-28,30-31,33-41H2,1-3H3/b17-14-,18-15-,24-23-,32-29-. The van der Waals surface area contributed by atoms with E-state index in [0.29, 0.717) is 19.3 Å². The summed E-state index contributed by atoms with van der Waals surface area (Å²) in [5, 5.41) is 0. The summed E-state index contributed by atoms with van der Waals surface area (Å²) in [5.74, 6) is -1.01. The summed E-state index contributed by atoms with van der Waals surface area (Å²) in [4.78, 5) is 37.5. The largest absolute Gasteiger partial charge is 0.462 e. The number of ether oxygens (including phenoxy) is 3. The summed E-state index contributed by atoms with van der Waals surface area (Å²) < 4.78 is 16.5. The average Bonchev–Trinajstić information content (AvgIpc) is 3.12. The first-order valence-electron chi connectivity index (χ1n) is 21.1. The number of carbonyl (C=O) groups excluding carboxylic acids is 3. The van der Waals surface area contributed by atoms with Crippen LogP contribution in [0.25, 0.3) is 0 Å². The van der Waals surface area contributed by atoms with Crippen LogP contribution >= 0.6 is 0 Å². The lowest BCUT2D eigenvalue weighted by Gasteiger charge is -2.18. The smallest absolute Gasteiger partial charge is 0.306 e. The summed E-state index contributed by atoms with van der Waals surface area (Å²) >= 11 is 0. The number of allylic oxidation sites excluding steroid dienone is 8. The van der Waals surface area contributed by atoms with Crippen LogP contribution in [0.5, 0.6) is 0 Å². The van der Waals surface area contributed by atoms with E-state index in [4.69, 9.17) is 14.2 Å². The highest BCUT2D eigenvalue weighted by Crippen LogP contribution is 2.12. The van der Waals surface area contributed by atoms with Gasteiger partial charge in [-0.05, 0) is 77.0 Å². The van der Waals surface area contributed by atoms with Crippen LogP contribution < -0.4 is 0 Å². The Bertz CT molecular complexity index is 918. The molecule has 0 amide bonds. The van der Waals surface area contributed by atoms with Crippen molar-refractivity contribution in [1.82, 2.24) is 0 Å². The molecule has 1 atom stereocenters.